The Hall–Kier alpha value is -3.74. The van der Waals surface area contributed by atoms with Crippen LogP contribution in [0.25, 0.3) is 0 Å². The largest absolute Gasteiger partial charge is 0.343 e. The van der Waals surface area contributed by atoms with Crippen molar-refractivity contribution in [3.05, 3.63) is 102 Å². The maximum absolute atomic E-state index is 13.7. The zero-order chi connectivity index (χ0) is 28.4. The van der Waals surface area contributed by atoms with Gasteiger partial charge in [0.05, 0.1) is 0 Å². The van der Waals surface area contributed by atoms with Crippen LogP contribution < -0.4 is 10.6 Å². The van der Waals surface area contributed by atoms with Crippen LogP contribution in [-0.4, -0.2) is 53.1 Å². The highest BCUT2D eigenvalue weighted by Crippen LogP contribution is 2.48. The first-order valence-corrected chi connectivity index (χ1v) is 14.9. The Morgan fingerprint density at radius 1 is 0.923 bits per heavy atom. The maximum Gasteiger partial charge on any atom is 0.253 e. The summed E-state index contributed by atoms with van der Waals surface area (Å²) in [6, 6.07) is 24.3. The molecule has 3 rings (SSSR count). The lowest BCUT2D eigenvalue weighted by molar-refractivity contribution is -0.118. The van der Waals surface area contributed by atoms with Crippen LogP contribution in [0, 0.1) is 5.92 Å². The van der Waals surface area contributed by atoms with E-state index < -0.39 is 25.0 Å². The Bertz CT molecular complexity index is 1320. The van der Waals surface area contributed by atoms with Gasteiger partial charge in [0, 0.05) is 48.9 Å². The van der Waals surface area contributed by atoms with Gasteiger partial charge in [-0.15, -0.1) is 0 Å². The van der Waals surface area contributed by atoms with E-state index in [1.54, 1.807) is 61.3 Å². The lowest BCUT2D eigenvalue weighted by Gasteiger charge is -2.26. The first-order valence-electron chi connectivity index (χ1n) is 13.0. The standard InChI is InChI=1S/C30H36N3O5P/c1-4-18-33(3)30(36)25-15-11-14-24(20-25)29(35)32-27(19-23-12-7-5-8-13-23)39(37,38)21-22(2)28(34)31-26-16-9-6-10-17-26/h5-17,20,22,27H,4,18-19,21H2,1-3H3,(H,31,34)(H,32,35)(H,37,38)/t22?,27-/m1/s1. The Balaban J connectivity index is 1.80. The van der Waals surface area contributed by atoms with Crippen LogP contribution in [0.5, 0.6) is 0 Å². The summed E-state index contributed by atoms with van der Waals surface area (Å²) in [5.41, 5.74) is 1.93. The molecule has 206 valence electrons. The van der Waals surface area contributed by atoms with Gasteiger partial charge < -0.3 is 20.4 Å². The Kier molecular flexibility index (Phi) is 10.6. The molecule has 3 aromatic rings. The molecule has 9 heteroatoms. The minimum absolute atomic E-state index is 0.102. The summed E-state index contributed by atoms with van der Waals surface area (Å²) in [6.45, 7) is 4.14. The zero-order valence-electron chi connectivity index (χ0n) is 22.5. The third-order valence-corrected chi connectivity index (χ3v) is 8.71. The van der Waals surface area contributed by atoms with E-state index in [1.807, 2.05) is 43.3 Å². The second-order valence-corrected chi connectivity index (χ2v) is 12.2. The Morgan fingerprint density at radius 3 is 2.18 bits per heavy atom. The molecule has 0 bridgehead atoms. The number of hydrogen-bond acceptors (Lipinski definition) is 4. The monoisotopic (exact) mass is 549 g/mol. The van der Waals surface area contributed by atoms with Crippen LogP contribution in [0.1, 0.15) is 46.5 Å². The summed E-state index contributed by atoms with van der Waals surface area (Å²) in [7, 11) is -2.38. The van der Waals surface area contributed by atoms with Crippen molar-refractivity contribution < 1.29 is 23.8 Å². The van der Waals surface area contributed by atoms with Crippen LogP contribution in [0.15, 0.2) is 84.9 Å². The van der Waals surface area contributed by atoms with Crippen molar-refractivity contribution in [3.8, 4) is 0 Å². The molecule has 0 heterocycles. The number of carbonyl (C=O) groups excluding carboxylic acids is 3. The van der Waals surface area contributed by atoms with Crippen molar-refractivity contribution in [2.45, 2.75) is 32.5 Å². The van der Waals surface area contributed by atoms with E-state index in [2.05, 4.69) is 10.6 Å². The summed E-state index contributed by atoms with van der Waals surface area (Å²) in [4.78, 5) is 51.5. The minimum atomic E-state index is -4.08. The molecule has 39 heavy (non-hydrogen) atoms. The molecule has 0 aliphatic rings. The predicted molar refractivity (Wildman–Crippen MR) is 154 cm³/mol. The normalized spacial score (nSPS) is 13.9. The summed E-state index contributed by atoms with van der Waals surface area (Å²) >= 11 is 0. The molecule has 0 spiro atoms. The smallest absolute Gasteiger partial charge is 0.253 e. The van der Waals surface area contributed by atoms with Gasteiger partial charge in [-0.2, -0.15) is 0 Å². The van der Waals surface area contributed by atoms with Gasteiger partial charge in [-0.1, -0.05) is 68.4 Å². The van der Waals surface area contributed by atoms with E-state index in [0.717, 1.165) is 12.0 Å². The zero-order valence-corrected chi connectivity index (χ0v) is 23.4. The molecule has 3 atom stereocenters. The summed E-state index contributed by atoms with van der Waals surface area (Å²) < 4.78 is 13.7. The van der Waals surface area contributed by atoms with Gasteiger partial charge in [-0.25, -0.2) is 0 Å². The number of nitrogens with zero attached hydrogens (tertiary/aromatic N) is 1. The average Bonchev–Trinajstić information content (AvgIpc) is 2.93. The lowest BCUT2D eigenvalue weighted by Crippen LogP contribution is -2.38. The molecular formula is C30H36N3O5P. The van der Waals surface area contributed by atoms with E-state index in [4.69, 9.17) is 0 Å². The summed E-state index contributed by atoms with van der Waals surface area (Å²) in [5, 5.41) is 5.49. The minimum Gasteiger partial charge on any atom is -0.343 e. The number of benzene rings is 3. The molecule has 3 N–H and O–H groups in total. The van der Waals surface area contributed by atoms with Crippen molar-refractivity contribution >= 4 is 30.8 Å². The number of rotatable bonds is 12. The van der Waals surface area contributed by atoms with Crippen molar-refractivity contribution in [1.29, 1.82) is 0 Å². The highest BCUT2D eigenvalue weighted by molar-refractivity contribution is 7.58. The third kappa shape index (κ3) is 8.63. The van der Waals surface area contributed by atoms with E-state index >= 15 is 0 Å². The Labute approximate surface area is 229 Å². The summed E-state index contributed by atoms with van der Waals surface area (Å²) in [6.07, 6.45) is 0.589. The van der Waals surface area contributed by atoms with E-state index in [1.165, 1.54) is 6.07 Å². The van der Waals surface area contributed by atoms with Gasteiger partial charge in [0.25, 0.3) is 11.8 Å². The first-order chi connectivity index (χ1) is 18.6. The van der Waals surface area contributed by atoms with Crippen molar-refractivity contribution in [3.63, 3.8) is 0 Å². The number of nitrogens with one attached hydrogen (secondary N) is 2. The number of para-hydroxylation sites is 1. The highest BCUT2D eigenvalue weighted by atomic mass is 31.2. The molecule has 8 nitrogen and oxygen atoms in total. The van der Waals surface area contributed by atoms with Gasteiger partial charge in [-0.05, 0) is 42.3 Å². The molecule has 0 aromatic heterocycles. The second kappa shape index (κ2) is 13.9. The molecule has 0 fully saturated rings. The van der Waals surface area contributed by atoms with Crippen LogP contribution in [-0.2, 0) is 15.8 Å². The van der Waals surface area contributed by atoms with Crippen molar-refractivity contribution in [1.82, 2.24) is 10.2 Å². The maximum atomic E-state index is 13.7. The van der Waals surface area contributed by atoms with Gasteiger partial charge in [0.15, 0.2) is 0 Å². The number of anilines is 1. The fourth-order valence-electron chi connectivity index (χ4n) is 4.21. The molecule has 0 saturated carbocycles. The molecule has 0 radical (unpaired) electrons. The third-order valence-electron chi connectivity index (χ3n) is 6.36. The van der Waals surface area contributed by atoms with Gasteiger partial charge in [-0.3, -0.25) is 18.9 Å². The topological polar surface area (TPSA) is 116 Å². The summed E-state index contributed by atoms with van der Waals surface area (Å²) in [5.74, 6) is -3.09. The van der Waals surface area contributed by atoms with Crippen LogP contribution in [0.3, 0.4) is 0 Å². The molecule has 3 amide bonds. The molecule has 0 saturated heterocycles. The lowest BCUT2D eigenvalue weighted by atomic mass is 10.1. The van der Waals surface area contributed by atoms with E-state index in [-0.39, 0.29) is 30.0 Å². The van der Waals surface area contributed by atoms with E-state index in [0.29, 0.717) is 17.8 Å². The quantitative estimate of drug-likeness (QED) is 0.275. The van der Waals surface area contributed by atoms with Crippen molar-refractivity contribution in [2.75, 3.05) is 25.1 Å². The van der Waals surface area contributed by atoms with Crippen LogP contribution >= 0.6 is 7.37 Å². The fraction of sp³-hybridized carbons (Fsp3) is 0.300. The van der Waals surface area contributed by atoms with Gasteiger partial charge in [0.1, 0.15) is 5.78 Å². The fourth-order valence-corrected chi connectivity index (χ4v) is 6.23. The SMILES string of the molecule is CCCN(C)C(=O)c1cccc(C(=O)N[C@@H](Cc2ccccc2)P(=O)(O)CC(C)C(=O)Nc2ccccc2)c1. The predicted octanol–water partition coefficient (Wildman–Crippen LogP) is 5.01. The molecule has 0 aliphatic carbocycles. The van der Waals surface area contributed by atoms with Crippen LogP contribution in [0.2, 0.25) is 0 Å². The highest BCUT2D eigenvalue weighted by Gasteiger charge is 2.36. The van der Waals surface area contributed by atoms with Crippen LogP contribution in [0.4, 0.5) is 5.69 Å². The number of hydrogen-bond donors (Lipinski definition) is 3. The Morgan fingerprint density at radius 2 is 1.54 bits per heavy atom. The van der Waals surface area contributed by atoms with Gasteiger partial charge >= 0.3 is 0 Å². The molecular weight excluding hydrogens is 513 g/mol. The van der Waals surface area contributed by atoms with E-state index in [9.17, 15) is 23.8 Å². The van der Waals surface area contributed by atoms with Gasteiger partial charge in [0.2, 0.25) is 13.3 Å². The molecule has 3 aromatic carbocycles. The number of carbonyl (C=O) groups is 3. The van der Waals surface area contributed by atoms with Crippen molar-refractivity contribution in [2.24, 2.45) is 5.92 Å². The second-order valence-electron chi connectivity index (χ2n) is 9.68. The molecule has 0 aliphatic heterocycles. The average molecular weight is 550 g/mol. The number of amides is 3. The molecule has 2 unspecified atom stereocenters. The first kappa shape index (κ1) is 29.8.